The van der Waals surface area contributed by atoms with Gasteiger partial charge in [0, 0.05) is 0 Å². The molecule has 6 heteroatoms. The van der Waals surface area contributed by atoms with E-state index in [1.165, 1.54) is 11.3 Å². The van der Waals surface area contributed by atoms with E-state index in [2.05, 4.69) is 24.1 Å². The second-order valence-corrected chi connectivity index (χ2v) is 7.45. The molecule has 0 spiro atoms. The van der Waals surface area contributed by atoms with Crippen LogP contribution in [0, 0.1) is 19.8 Å². The van der Waals surface area contributed by atoms with E-state index in [0.29, 0.717) is 18.1 Å². The minimum absolute atomic E-state index is 0.0771. The van der Waals surface area contributed by atoms with E-state index >= 15 is 0 Å². The van der Waals surface area contributed by atoms with Crippen LogP contribution in [0.25, 0.3) is 0 Å². The van der Waals surface area contributed by atoms with Crippen LogP contribution in [0.3, 0.4) is 0 Å². The Balaban J connectivity index is 1.85. The lowest BCUT2D eigenvalue weighted by Gasteiger charge is -2.25. The molecule has 2 aromatic rings. The molecule has 1 N–H and O–H groups in total. The number of benzene rings is 1. The first kappa shape index (κ1) is 16.8. The zero-order chi connectivity index (χ0) is 17.3. The first-order valence-corrected chi connectivity index (χ1v) is 8.92. The van der Waals surface area contributed by atoms with E-state index in [-0.39, 0.29) is 17.9 Å². The Morgan fingerprint density at radius 1 is 1.21 bits per heavy atom. The van der Waals surface area contributed by atoms with Gasteiger partial charge < -0.3 is 14.8 Å². The zero-order valence-electron chi connectivity index (χ0n) is 14.4. The summed E-state index contributed by atoms with van der Waals surface area (Å²) in [6.45, 7) is 9.08. The molecule has 5 nitrogen and oxygen atoms in total. The first-order chi connectivity index (χ1) is 11.5. The number of thiazole rings is 1. The highest BCUT2D eigenvalue weighted by Gasteiger charge is 2.23. The minimum atomic E-state index is -0.102. The zero-order valence-corrected chi connectivity index (χ0v) is 15.2. The van der Waals surface area contributed by atoms with Crippen molar-refractivity contribution >= 4 is 17.2 Å². The monoisotopic (exact) mass is 346 g/mol. The third-order valence-corrected chi connectivity index (χ3v) is 5.06. The molecule has 128 valence electrons. The van der Waals surface area contributed by atoms with Gasteiger partial charge >= 0.3 is 0 Å². The van der Waals surface area contributed by atoms with E-state index in [1.54, 1.807) is 0 Å². The number of ether oxygens (including phenoxy) is 2. The molecule has 1 amide bonds. The third-order valence-electron chi connectivity index (χ3n) is 3.99. The fraction of sp³-hybridized carbons (Fsp3) is 0.444. The van der Waals surface area contributed by atoms with Crippen LogP contribution in [0.2, 0.25) is 0 Å². The van der Waals surface area contributed by atoms with Gasteiger partial charge in [-0.3, -0.25) is 4.79 Å². The summed E-state index contributed by atoms with van der Waals surface area (Å²) in [6, 6.07) is 5.76. The molecule has 0 saturated heterocycles. The maximum absolute atomic E-state index is 12.7. The van der Waals surface area contributed by atoms with Crippen LogP contribution in [-0.4, -0.2) is 24.1 Å². The lowest BCUT2D eigenvalue weighted by Crippen LogP contribution is -2.31. The maximum atomic E-state index is 12.7. The van der Waals surface area contributed by atoms with Crippen molar-refractivity contribution in [1.82, 2.24) is 10.3 Å². The average molecular weight is 346 g/mol. The summed E-state index contributed by atoms with van der Waals surface area (Å²) >= 11 is 1.43. The predicted octanol–water partition coefficient (Wildman–Crippen LogP) is 3.66. The van der Waals surface area contributed by atoms with E-state index < -0.39 is 0 Å². The van der Waals surface area contributed by atoms with Gasteiger partial charge in [0.05, 0.1) is 16.7 Å². The van der Waals surface area contributed by atoms with Crippen molar-refractivity contribution in [2.45, 2.75) is 33.7 Å². The van der Waals surface area contributed by atoms with E-state index in [4.69, 9.17) is 9.47 Å². The van der Waals surface area contributed by atoms with Gasteiger partial charge in [0.15, 0.2) is 11.5 Å². The molecule has 1 aromatic heterocycles. The number of amides is 1. The highest BCUT2D eigenvalue weighted by atomic mass is 32.1. The van der Waals surface area contributed by atoms with Crippen LogP contribution in [0.4, 0.5) is 0 Å². The molecule has 1 aromatic carbocycles. The number of aryl methyl sites for hydroxylation is 2. The van der Waals surface area contributed by atoms with Crippen molar-refractivity contribution in [3.8, 4) is 11.5 Å². The molecule has 0 bridgehead atoms. The van der Waals surface area contributed by atoms with Crippen LogP contribution in [0.1, 0.15) is 45.8 Å². The van der Waals surface area contributed by atoms with Crippen molar-refractivity contribution < 1.29 is 14.3 Å². The number of hydrogen-bond acceptors (Lipinski definition) is 5. The molecular weight excluding hydrogens is 324 g/mol. The average Bonchev–Trinajstić information content (AvgIpc) is 2.90. The molecule has 0 radical (unpaired) electrons. The van der Waals surface area contributed by atoms with Crippen LogP contribution in [0.15, 0.2) is 18.2 Å². The number of hydrogen-bond donors (Lipinski definition) is 1. The standard InChI is InChI=1S/C18H22N2O3S/c1-10(2)16(20-18(21)17-11(3)19-12(4)24-17)13-5-6-14-15(9-13)23-8-7-22-14/h5-6,9-10,16H,7-8H2,1-4H3,(H,20,21). The Labute approximate surface area is 146 Å². The second kappa shape index (κ2) is 6.81. The van der Waals surface area contributed by atoms with Crippen molar-refractivity contribution in [3.63, 3.8) is 0 Å². The molecule has 1 unspecified atom stereocenters. The Kier molecular flexibility index (Phi) is 4.76. The second-order valence-electron chi connectivity index (χ2n) is 6.25. The topological polar surface area (TPSA) is 60.5 Å². The Morgan fingerprint density at radius 2 is 1.92 bits per heavy atom. The molecular formula is C18H22N2O3S. The number of nitrogens with one attached hydrogen (secondary N) is 1. The van der Waals surface area contributed by atoms with Gasteiger partial charge in [0.1, 0.15) is 18.1 Å². The number of aromatic nitrogens is 1. The largest absolute Gasteiger partial charge is 0.486 e. The molecule has 1 atom stereocenters. The van der Waals surface area contributed by atoms with Gasteiger partial charge in [0.2, 0.25) is 0 Å². The summed E-state index contributed by atoms with van der Waals surface area (Å²) in [5, 5.41) is 4.05. The molecule has 24 heavy (non-hydrogen) atoms. The SMILES string of the molecule is Cc1nc(C)c(C(=O)NC(c2ccc3c(c2)OCCO3)C(C)C)s1. The van der Waals surface area contributed by atoms with E-state index in [0.717, 1.165) is 27.8 Å². The highest BCUT2D eigenvalue weighted by Crippen LogP contribution is 2.34. The van der Waals surface area contributed by atoms with E-state index in [1.807, 2.05) is 32.0 Å². The fourth-order valence-electron chi connectivity index (χ4n) is 2.84. The first-order valence-electron chi connectivity index (χ1n) is 8.10. The summed E-state index contributed by atoms with van der Waals surface area (Å²) in [5.74, 6) is 1.66. The molecule has 0 fully saturated rings. The summed E-state index contributed by atoms with van der Waals surface area (Å²) in [7, 11) is 0. The molecule has 0 saturated carbocycles. The van der Waals surface area contributed by atoms with Crippen LogP contribution in [-0.2, 0) is 0 Å². The molecule has 3 rings (SSSR count). The normalized spacial score (nSPS) is 14.5. The summed E-state index contributed by atoms with van der Waals surface area (Å²) in [6.07, 6.45) is 0. The summed E-state index contributed by atoms with van der Waals surface area (Å²) in [5.41, 5.74) is 1.79. The number of carbonyl (C=O) groups is 1. The van der Waals surface area contributed by atoms with Gasteiger partial charge in [-0.15, -0.1) is 11.3 Å². The van der Waals surface area contributed by atoms with Gasteiger partial charge in [-0.05, 0) is 37.5 Å². The Hall–Kier alpha value is -2.08. The van der Waals surface area contributed by atoms with Gasteiger partial charge in [-0.2, -0.15) is 0 Å². The number of fused-ring (bicyclic) bond motifs is 1. The van der Waals surface area contributed by atoms with Crippen molar-refractivity contribution in [2.24, 2.45) is 5.92 Å². The van der Waals surface area contributed by atoms with Gasteiger partial charge in [-0.25, -0.2) is 4.98 Å². The number of carbonyl (C=O) groups excluding carboxylic acids is 1. The molecule has 0 aliphatic carbocycles. The number of nitrogens with zero attached hydrogens (tertiary/aromatic N) is 1. The molecule has 1 aliphatic heterocycles. The van der Waals surface area contributed by atoms with Crippen LogP contribution >= 0.6 is 11.3 Å². The quantitative estimate of drug-likeness (QED) is 0.918. The van der Waals surface area contributed by atoms with Crippen molar-refractivity contribution in [3.05, 3.63) is 39.3 Å². The maximum Gasteiger partial charge on any atom is 0.263 e. The third kappa shape index (κ3) is 3.38. The number of rotatable bonds is 4. The molecule has 2 heterocycles. The molecule has 1 aliphatic rings. The Bertz CT molecular complexity index is 755. The lowest BCUT2D eigenvalue weighted by atomic mass is 9.95. The summed E-state index contributed by atoms with van der Waals surface area (Å²) in [4.78, 5) is 17.7. The minimum Gasteiger partial charge on any atom is -0.486 e. The van der Waals surface area contributed by atoms with Crippen LogP contribution in [0.5, 0.6) is 11.5 Å². The fourth-order valence-corrected chi connectivity index (χ4v) is 3.66. The van der Waals surface area contributed by atoms with Crippen LogP contribution < -0.4 is 14.8 Å². The summed E-state index contributed by atoms with van der Waals surface area (Å²) < 4.78 is 11.2. The van der Waals surface area contributed by atoms with Gasteiger partial charge in [-0.1, -0.05) is 19.9 Å². The van der Waals surface area contributed by atoms with Gasteiger partial charge in [0.25, 0.3) is 5.91 Å². The van der Waals surface area contributed by atoms with Crippen molar-refractivity contribution in [1.29, 1.82) is 0 Å². The lowest BCUT2D eigenvalue weighted by molar-refractivity contribution is 0.0928. The van der Waals surface area contributed by atoms with E-state index in [9.17, 15) is 4.79 Å². The van der Waals surface area contributed by atoms with Crippen molar-refractivity contribution in [2.75, 3.05) is 13.2 Å². The smallest absolute Gasteiger partial charge is 0.263 e. The highest BCUT2D eigenvalue weighted by molar-refractivity contribution is 7.13. The predicted molar refractivity (Wildman–Crippen MR) is 94.1 cm³/mol. The Morgan fingerprint density at radius 3 is 2.54 bits per heavy atom.